The van der Waals surface area contributed by atoms with Crippen LogP contribution in [0, 0.1) is 11.3 Å². The molecule has 53 heavy (non-hydrogen) atoms. The molecule has 5 amide bonds. The zero-order chi connectivity index (χ0) is 38.7. The first-order chi connectivity index (χ1) is 24.7. The maximum atomic E-state index is 14.4. The van der Waals surface area contributed by atoms with Crippen LogP contribution in [0.15, 0.2) is 53.7 Å². The van der Waals surface area contributed by atoms with Crippen molar-refractivity contribution in [1.29, 1.82) is 0 Å². The number of benzene rings is 2. The van der Waals surface area contributed by atoms with E-state index >= 15 is 0 Å². The third kappa shape index (κ3) is 7.87. The molecule has 1 saturated heterocycles. The summed E-state index contributed by atoms with van der Waals surface area (Å²) in [4.78, 5) is 62.2. The van der Waals surface area contributed by atoms with Gasteiger partial charge in [-0.1, -0.05) is 74.5 Å². The normalized spacial score (nSPS) is 24.1. The summed E-state index contributed by atoms with van der Waals surface area (Å²) in [5, 5.41) is 11.6. The van der Waals surface area contributed by atoms with Crippen LogP contribution in [0.2, 0.25) is 0 Å². The number of sulfonamides is 1. The van der Waals surface area contributed by atoms with Crippen LogP contribution in [0.1, 0.15) is 78.4 Å². The summed E-state index contributed by atoms with van der Waals surface area (Å²) in [5.41, 5.74) is 0.446. The summed E-state index contributed by atoms with van der Waals surface area (Å²) < 4.78 is 55.3. The molecule has 3 aliphatic carbocycles. The fourth-order valence-electron chi connectivity index (χ4n) is 6.95. The van der Waals surface area contributed by atoms with Crippen LogP contribution >= 0.6 is 0 Å². The maximum Gasteiger partial charge on any atom is 0.315 e. The summed E-state index contributed by atoms with van der Waals surface area (Å²) in [6, 6.07) is 12.2. The van der Waals surface area contributed by atoms with E-state index < -0.39 is 92.5 Å². The van der Waals surface area contributed by atoms with Gasteiger partial charge < -0.3 is 25.7 Å². The van der Waals surface area contributed by atoms with E-state index in [0.29, 0.717) is 18.6 Å². The lowest BCUT2D eigenvalue weighted by Crippen LogP contribution is -2.61. The predicted molar refractivity (Wildman–Crippen MR) is 192 cm³/mol. The van der Waals surface area contributed by atoms with E-state index in [9.17, 15) is 36.4 Å². The molecular formula is C37H46F2N6O7S. The van der Waals surface area contributed by atoms with E-state index in [4.69, 9.17) is 4.84 Å². The Morgan fingerprint density at radius 3 is 1.98 bits per heavy atom. The summed E-state index contributed by atoms with van der Waals surface area (Å²) in [6.07, 6.45) is -3.87. The van der Waals surface area contributed by atoms with Crippen LogP contribution in [0.3, 0.4) is 0 Å². The Labute approximate surface area is 307 Å². The summed E-state index contributed by atoms with van der Waals surface area (Å²) >= 11 is 0. The van der Waals surface area contributed by atoms with Gasteiger partial charge in [0, 0.05) is 23.1 Å². The summed E-state index contributed by atoms with van der Waals surface area (Å²) in [6.45, 7) is 10.4. The van der Waals surface area contributed by atoms with Gasteiger partial charge in [0.05, 0.1) is 17.7 Å². The van der Waals surface area contributed by atoms with E-state index in [1.807, 2.05) is 53.3 Å². The fraction of sp³-hybridized carbons (Fsp3) is 0.541. The van der Waals surface area contributed by atoms with E-state index in [1.165, 1.54) is 4.90 Å². The van der Waals surface area contributed by atoms with Crippen LogP contribution in [0.5, 0.6) is 0 Å². The average Bonchev–Trinajstić information content (AvgIpc) is 3.98. The molecule has 6 rings (SSSR count). The largest absolute Gasteiger partial charge is 0.390 e. The van der Waals surface area contributed by atoms with Crippen molar-refractivity contribution in [2.75, 3.05) is 6.54 Å². The maximum absolute atomic E-state index is 14.4. The van der Waals surface area contributed by atoms with Gasteiger partial charge in [0.2, 0.25) is 28.3 Å². The molecule has 5 atom stereocenters. The van der Waals surface area contributed by atoms with Crippen LogP contribution in [-0.2, 0) is 29.2 Å². The number of urea groups is 1. The lowest BCUT2D eigenvalue weighted by atomic mass is 9.85. The molecule has 0 bridgehead atoms. The zero-order valence-corrected chi connectivity index (χ0v) is 31.4. The molecule has 2 aromatic carbocycles. The molecule has 4 aliphatic rings. The molecule has 1 aliphatic heterocycles. The number of carbonyl (C=O) groups is 4. The van der Waals surface area contributed by atoms with Crippen LogP contribution < -0.4 is 20.7 Å². The Bertz CT molecular complexity index is 1910. The minimum atomic E-state index is -4.12. The third-order valence-electron chi connectivity index (χ3n) is 9.94. The second-order valence-corrected chi connectivity index (χ2v) is 18.4. The highest BCUT2D eigenvalue weighted by molar-refractivity contribution is 7.91. The van der Waals surface area contributed by atoms with E-state index in [0.717, 1.165) is 22.3 Å². The SMILES string of the molecule is CC(C)(C)NC(=O)N[C@H](C(=O)N1C[C@H](ON=C2c3ccccc3-c3ccccc32)C[C@H]1C(=O)N[C@@]1(C(=O)NS(=O)(=O)C2CC2)C[C@H]1C(F)F)C(C)(C)C. The molecule has 3 fully saturated rings. The standard InChI is InChI=1S/C37H46F2N6O7S/c1-35(2,3)29(40-34(49)42-36(4,5)6)32(47)45-19-20(52-43-28-24-13-9-7-11-22(24)23-12-8-10-14-25(23)28)17-27(45)31(46)41-37(18-26(37)30(38)39)33(48)44-53(50,51)21-15-16-21/h7-14,20-21,26-27,29-30H,15-19H2,1-6H3,(H,41,46)(H,44,48)(H2,40,42,49)/t20-,26+,27+,29-,37+/m1/s1. The molecule has 1 heterocycles. The minimum Gasteiger partial charge on any atom is -0.390 e. The van der Waals surface area contributed by atoms with Gasteiger partial charge in [-0.05, 0) is 56.6 Å². The van der Waals surface area contributed by atoms with Crippen molar-refractivity contribution in [3.63, 3.8) is 0 Å². The van der Waals surface area contributed by atoms with Crippen LogP contribution in [0.4, 0.5) is 13.6 Å². The smallest absolute Gasteiger partial charge is 0.315 e. The number of halogens is 2. The number of likely N-dealkylation sites (tertiary alicyclic amines) is 1. The van der Waals surface area contributed by atoms with Crippen molar-refractivity contribution in [1.82, 2.24) is 25.6 Å². The predicted octanol–water partition coefficient (Wildman–Crippen LogP) is 3.67. The lowest BCUT2D eigenvalue weighted by Gasteiger charge is -2.36. The van der Waals surface area contributed by atoms with Crippen LogP contribution in [-0.4, -0.2) is 90.3 Å². The second-order valence-electron chi connectivity index (χ2n) is 16.4. The highest BCUT2D eigenvalue weighted by Gasteiger charge is 2.67. The number of nitrogens with zero attached hydrogens (tertiary/aromatic N) is 2. The number of alkyl halides is 2. The Hall–Kier alpha value is -4.60. The quantitative estimate of drug-likeness (QED) is 0.228. The first-order valence-corrected chi connectivity index (χ1v) is 19.2. The molecule has 16 heteroatoms. The first kappa shape index (κ1) is 38.1. The number of hydrogen-bond acceptors (Lipinski definition) is 8. The average molecular weight is 757 g/mol. The topological polar surface area (TPSA) is 175 Å². The van der Waals surface area contributed by atoms with Crippen molar-refractivity contribution in [3.8, 4) is 11.1 Å². The van der Waals surface area contributed by atoms with Crippen molar-refractivity contribution in [2.45, 2.75) is 108 Å². The van der Waals surface area contributed by atoms with Gasteiger partial charge in [0.15, 0.2) is 0 Å². The van der Waals surface area contributed by atoms with E-state index in [1.54, 1.807) is 41.5 Å². The van der Waals surface area contributed by atoms with Crippen LogP contribution in [0.25, 0.3) is 11.1 Å². The number of amides is 5. The van der Waals surface area contributed by atoms with Gasteiger partial charge in [0.25, 0.3) is 5.91 Å². The Balaban J connectivity index is 1.30. The Morgan fingerprint density at radius 2 is 1.49 bits per heavy atom. The fourth-order valence-corrected chi connectivity index (χ4v) is 8.31. The number of oxime groups is 1. The van der Waals surface area contributed by atoms with Gasteiger partial charge in [0.1, 0.15) is 29.4 Å². The van der Waals surface area contributed by atoms with E-state index in [-0.39, 0.29) is 13.0 Å². The van der Waals surface area contributed by atoms with Gasteiger partial charge >= 0.3 is 6.03 Å². The molecule has 2 saturated carbocycles. The molecular weight excluding hydrogens is 711 g/mol. The number of hydrogen-bond donors (Lipinski definition) is 4. The number of fused-ring (bicyclic) bond motifs is 3. The molecule has 286 valence electrons. The zero-order valence-electron chi connectivity index (χ0n) is 30.5. The van der Waals surface area contributed by atoms with Gasteiger partial charge in [-0.15, -0.1) is 0 Å². The second kappa shape index (κ2) is 13.7. The lowest BCUT2D eigenvalue weighted by molar-refractivity contribution is -0.143. The monoisotopic (exact) mass is 756 g/mol. The summed E-state index contributed by atoms with van der Waals surface area (Å²) in [7, 11) is -4.12. The molecule has 2 aromatic rings. The van der Waals surface area contributed by atoms with Crippen molar-refractivity contribution < 1.29 is 41.2 Å². The number of rotatable bonds is 10. The Morgan fingerprint density at radius 1 is 0.925 bits per heavy atom. The molecule has 4 N–H and O–H groups in total. The van der Waals surface area contributed by atoms with Crippen molar-refractivity contribution >= 4 is 39.5 Å². The number of carbonyl (C=O) groups excluding carboxylic acids is 4. The molecule has 13 nitrogen and oxygen atoms in total. The first-order valence-electron chi connectivity index (χ1n) is 17.7. The van der Waals surface area contributed by atoms with Gasteiger partial charge in [-0.3, -0.25) is 19.1 Å². The summed E-state index contributed by atoms with van der Waals surface area (Å²) in [5.74, 6) is -4.47. The van der Waals surface area contributed by atoms with Crippen molar-refractivity contribution in [2.24, 2.45) is 16.5 Å². The Kier molecular flexibility index (Phi) is 9.84. The third-order valence-corrected chi connectivity index (χ3v) is 11.8. The highest BCUT2D eigenvalue weighted by Crippen LogP contribution is 2.48. The van der Waals surface area contributed by atoms with E-state index in [2.05, 4.69) is 21.1 Å². The van der Waals surface area contributed by atoms with Crippen molar-refractivity contribution in [3.05, 3.63) is 59.7 Å². The van der Waals surface area contributed by atoms with Gasteiger partial charge in [-0.2, -0.15) is 0 Å². The molecule has 0 radical (unpaired) electrons. The van der Waals surface area contributed by atoms with Gasteiger partial charge in [-0.25, -0.2) is 22.0 Å². The molecule has 0 spiro atoms. The molecule has 0 aromatic heterocycles. The molecule has 0 unspecified atom stereocenters. The highest BCUT2D eigenvalue weighted by atomic mass is 32.2. The number of nitrogens with one attached hydrogen (secondary N) is 4. The minimum absolute atomic E-state index is 0.139.